The number of allylic oxidation sites excluding steroid dienone is 4. The number of rotatable bonds is 1. The van der Waals surface area contributed by atoms with Crippen LogP contribution in [0.1, 0.15) is 67.4 Å². The quantitative estimate of drug-likeness (QED) is 0.459. The van der Waals surface area contributed by atoms with Crippen LogP contribution < -0.4 is 4.74 Å². The molecular weight excluding hydrogens is 356 g/mol. The predicted molar refractivity (Wildman–Crippen MR) is 110 cm³/mol. The minimum atomic E-state index is 0.0338. The monoisotopic (exact) mass is 391 g/mol. The molecule has 1 aliphatic rings. The Labute approximate surface area is 172 Å². The van der Waals surface area contributed by atoms with Crippen LogP contribution in [-0.4, -0.2) is 16.0 Å². The molecule has 1 N–H and O–H groups in total. The molecule has 143 valence electrons. The van der Waals surface area contributed by atoms with Crippen molar-refractivity contribution in [2.24, 2.45) is 5.41 Å². The van der Waals surface area contributed by atoms with E-state index in [1.54, 1.807) is 19.2 Å². The van der Waals surface area contributed by atoms with Gasteiger partial charge in [0.15, 0.2) is 0 Å². The van der Waals surface area contributed by atoms with E-state index in [0.717, 1.165) is 12.0 Å². The molecule has 1 aromatic carbocycles. The third-order valence-corrected chi connectivity index (χ3v) is 3.50. The first-order valence-electron chi connectivity index (χ1n) is 8.95. The van der Waals surface area contributed by atoms with Crippen LogP contribution in [-0.2, 0) is 25.4 Å². The second kappa shape index (κ2) is 10.9. The van der Waals surface area contributed by atoms with Gasteiger partial charge in [0.2, 0.25) is 0 Å². The van der Waals surface area contributed by atoms with Gasteiger partial charge in [0, 0.05) is 6.07 Å². The third kappa shape index (κ3) is 10.8. The van der Waals surface area contributed by atoms with Crippen LogP contribution in [0.5, 0.6) is 11.5 Å². The summed E-state index contributed by atoms with van der Waals surface area (Å²) >= 11 is 2.08. The number of hydrogen-bond donors (Lipinski definition) is 1. The standard InChI is InChI=1S/C11H16O2.C9H13.C3H6.Ti/c1-11(2,3)8-5-9(12)7-10(6-8)13-4;1-9(2,3)8-6-4-5-7-8;1-3-2;/h5-7,12H,1-4H3;4,6H,5H2,1-3H3;1-2H3;/q;-1;;+1. The molecule has 0 aliphatic heterocycles. The van der Waals surface area contributed by atoms with Crippen LogP contribution in [0.4, 0.5) is 0 Å². The van der Waals surface area contributed by atoms with Crippen molar-refractivity contribution in [1.82, 2.24) is 0 Å². The molecule has 0 atom stereocenters. The Balaban J connectivity index is 0.000000416. The molecule has 0 fully saturated rings. The fourth-order valence-electron chi connectivity index (χ4n) is 2.05. The number of hydrogen-bond acceptors (Lipinski definition) is 2. The van der Waals surface area contributed by atoms with Gasteiger partial charge in [-0.05, 0) is 28.5 Å². The van der Waals surface area contributed by atoms with Crippen molar-refractivity contribution in [3.8, 4) is 11.5 Å². The Morgan fingerprint density at radius 3 is 1.88 bits per heavy atom. The van der Waals surface area contributed by atoms with Gasteiger partial charge in [-0.3, -0.25) is 6.08 Å². The Morgan fingerprint density at radius 2 is 1.58 bits per heavy atom. The maximum atomic E-state index is 9.41. The molecule has 26 heavy (non-hydrogen) atoms. The number of benzene rings is 1. The van der Waals surface area contributed by atoms with Crippen LogP contribution in [0, 0.1) is 11.5 Å². The summed E-state index contributed by atoms with van der Waals surface area (Å²) in [5.74, 6) is 0.953. The Hall–Kier alpha value is -1.12. The zero-order valence-corrected chi connectivity index (χ0v) is 19.5. The van der Waals surface area contributed by atoms with Crippen molar-refractivity contribution in [3.63, 3.8) is 0 Å². The molecule has 2 rings (SSSR count). The van der Waals surface area contributed by atoms with Gasteiger partial charge >= 0.3 is 37.6 Å². The molecule has 0 heterocycles. The summed E-state index contributed by atoms with van der Waals surface area (Å²) in [6, 6.07) is 5.32. The van der Waals surface area contributed by atoms with Crippen LogP contribution in [0.2, 0.25) is 0 Å². The Morgan fingerprint density at radius 1 is 1.04 bits per heavy atom. The first kappa shape index (κ1) is 24.9. The van der Waals surface area contributed by atoms with Gasteiger partial charge in [-0.15, -0.1) is 6.42 Å². The van der Waals surface area contributed by atoms with Gasteiger partial charge in [-0.1, -0.05) is 41.5 Å². The number of phenolic OH excluding ortho intramolecular Hbond substituents is 1. The van der Waals surface area contributed by atoms with E-state index in [2.05, 4.69) is 93.6 Å². The Kier molecular flexibility index (Phi) is 10.4. The third-order valence-electron chi connectivity index (χ3n) is 3.50. The molecule has 0 aromatic heterocycles. The number of phenols is 1. The van der Waals surface area contributed by atoms with E-state index >= 15 is 0 Å². The molecule has 0 saturated carbocycles. The van der Waals surface area contributed by atoms with Gasteiger partial charge in [-0.25, -0.2) is 11.6 Å². The molecule has 0 spiro atoms. The Bertz CT molecular complexity index is 637. The van der Waals surface area contributed by atoms with E-state index in [9.17, 15) is 5.11 Å². The van der Waals surface area contributed by atoms with Crippen molar-refractivity contribution in [1.29, 1.82) is 0 Å². The van der Waals surface area contributed by atoms with E-state index in [-0.39, 0.29) is 11.2 Å². The van der Waals surface area contributed by atoms with Crippen LogP contribution in [0.3, 0.4) is 0 Å². The predicted octanol–water partition coefficient (Wildman–Crippen LogP) is 6.17. The summed E-state index contributed by atoms with van der Waals surface area (Å²) < 4.78 is 6.49. The molecule has 3 heteroatoms. The first-order chi connectivity index (χ1) is 11.8. The summed E-state index contributed by atoms with van der Waals surface area (Å²) in [5.41, 5.74) is 2.76. The first-order valence-corrected chi connectivity index (χ1v) is 9.73. The van der Waals surface area contributed by atoms with E-state index in [0.29, 0.717) is 11.2 Å². The van der Waals surface area contributed by atoms with Gasteiger partial charge in [0.05, 0.1) is 7.11 Å². The van der Waals surface area contributed by atoms with Crippen LogP contribution in [0.25, 0.3) is 0 Å². The van der Waals surface area contributed by atoms with E-state index in [1.165, 1.54) is 9.38 Å². The summed E-state index contributed by atoms with van der Waals surface area (Å²) in [6.45, 7) is 17.1. The fourth-order valence-corrected chi connectivity index (χ4v) is 2.05. The van der Waals surface area contributed by atoms with Crippen molar-refractivity contribution < 1.29 is 29.8 Å². The zero-order chi connectivity index (χ0) is 20.5. The molecule has 0 unspecified atom stereocenters. The number of ether oxygens (including phenoxy) is 1. The molecule has 0 amide bonds. The van der Waals surface area contributed by atoms with E-state index < -0.39 is 0 Å². The fraction of sp³-hybridized carbons (Fsp3) is 0.522. The van der Waals surface area contributed by atoms with E-state index in [4.69, 9.17) is 4.74 Å². The molecule has 0 radical (unpaired) electrons. The topological polar surface area (TPSA) is 29.5 Å². The van der Waals surface area contributed by atoms with E-state index in [1.807, 2.05) is 6.07 Å². The summed E-state index contributed by atoms with van der Waals surface area (Å²) in [4.78, 5) is 0. The summed E-state index contributed by atoms with van der Waals surface area (Å²) in [5, 5.41) is 9.41. The molecule has 1 aromatic rings. The minimum absolute atomic E-state index is 0.0338. The van der Waals surface area contributed by atoms with Crippen molar-refractivity contribution >= 4 is 3.81 Å². The molecule has 2 nitrogen and oxygen atoms in total. The van der Waals surface area contributed by atoms with Crippen LogP contribution >= 0.6 is 0 Å². The molecular formula is C23H35O2Ti. The summed E-state index contributed by atoms with van der Waals surface area (Å²) in [7, 11) is 1.60. The van der Waals surface area contributed by atoms with Gasteiger partial charge in [-0.2, -0.15) is 6.08 Å². The normalized spacial score (nSPS) is 13.1. The average molecular weight is 391 g/mol. The average Bonchev–Trinajstić information content (AvgIpc) is 3.00. The molecule has 1 aliphatic carbocycles. The number of methoxy groups -OCH3 is 1. The second-order valence-corrected chi connectivity index (χ2v) is 10.2. The van der Waals surface area contributed by atoms with Gasteiger partial charge in [0.1, 0.15) is 11.5 Å². The summed E-state index contributed by atoms with van der Waals surface area (Å²) in [6.07, 6.45) is 8.63. The molecule has 0 bridgehead atoms. The second-order valence-electron chi connectivity index (χ2n) is 8.62. The van der Waals surface area contributed by atoms with Crippen LogP contribution in [0.15, 0.2) is 35.9 Å². The van der Waals surface area contributed by atoms with Gasteiger partial charge in [0.25, 0.3) is 0 Å². The SMILES string of the molecule is CC(C)(C)C1=[C-]CC=C1.COc1cc(O)cc(C(C)(C)C)c1.C[C](C)=[Ti+]. The van der Waals surface area contributed by atoms with Gasteiger partial charge < -0.3 is 9.84 Å². The molecule has 0 saturated heterocycles. The maximum absolute atomic E-state index is 9.41. The zero-order valence-electron chi connectivity index (χ0n) is 17.9. The van der Waals surface area contributed by atoms with Crippen molar-refractivity contribution in [2.75, 3.05) is 7.11 Å². The van der Waals surface area contributed by atoms with Crippen molar-refractivity contribution in [2.45, 2.75) is 67.2 Å². The van der Waals surface area contributed by atoms with Crippen molar-refractivity contribution in [3.05, 3.63) is 47.6 Å². The number of aromatic hydroxyl groups is 1.